The lowest BCUT2D eigenvalue weighted by molar-refractivity contribution is 0.107. The van der Waals surface area contributed by atoms with Gasteiger partial charge < -0.3 is 15.0 Å². The van der Waals surface area contributed by atoms with Crippen LogP contribution in [-0.4, -0.2) is 35.7 Å². The first-order valence-electron chi connectivity index (χ1n) is 9.50. The highest BCUT2D eigenvalue weighted by Crippen LogP contribution is 2.32. The number of nitrogens with zero attached hydrogens (tertiary/aromatic N) is 3. The number of piperidine rings is 1. The van der Waals surface area contributed by atoms with E-state index in [9.17, 15) is 8.78 Å². The van der Waals surface area contributed by atoms with Gasteiger partial charge in [0.25, 0.3) is 0 Å². The molecule has 0 spiro atoms. The molecule has 3 atom stereocenters. The minimum absolute atomic E-state index is 0.0575. The second kappa shape index (κ2) is 7.76. The van der Waals surface area contributed by atoms with Crippen molar-refractivity contribution < 1.29 is 13.5 Å². The zero-order valence-electron chi connectivity index (χ0n) is 15.4. The predicted molar refractivity (Wildman–Crippen MR) is 99.7 cm³/mol. The monoisotopic (exact) mass is 374 g/mol. The van der Waals surface area contributed by atoms with E-state index in [0.29, 0.717) is 18.1 Å². The van der Waals surface area contributed by atoms with Gasteiger partial charge in [0.05, 0.1) is 6.04 Å². The molecule has 3 unspecified atom stereocenters. The summed E-state index contributed by atoms with van der Waals surface area (Å²) in [5, 5.41) is 3.40. The molecule has 2 aliphatic heterocycles. The Kier molecular flexibility index (Phi) is 5.20. The normalized spacial score (nSPS) is 25.6. The van der Waals surface area contributed by atoms with E-state index in [4.69, 9.17) is 4.74 Å². The second-order valence-electron chi connectivity index (χ2n) is 7.46. The molecule has 2 aromatic rings. The van der Waals surface area contributed by atoms with E-state index < -0.39 is 11.6 Å². The average Bonchev–Trinajstić information content (AvgIpc) is 3.12. The van der Waals surface area contributed by atoms with Crippen LogP contribution in [0.2, 0.25) is 0 Å². The predicted octanol–water partition coefficient (Wildman–Crippen LogP) is 3.93. The third-order valence-electron chi connectivity index (χ3n) is 5.33. The van der Waals surface area contributed by atoms with Gasteiger partial charge >= 0.3 is 0 Å². The highest BCUT2D eigenvalue weighted by atomic mass is 19.2. The molecule has 3 heterocycles. The summed E-state index contributed by atoms with van der Waals surface area (Å²) >= 11 is 0. The summed E-state index contributed by atoms with van der Waals surface area (Å²) in [5.74, 6) is 0.595. The fourth-order valence-electron chi connectivity index (χ4n) is 3.94. The Morgan fingerprint density at radius 3 is 2.85 bits per heavy atom. The van der Waals surface area contributed by atoms with Gasteiger partial charge in [-0.25, -0.2) is 18.7 Å². The minimum atomic E-state index is -0.856. The van der Waals surface area contributed by atoms with Crippen LogP contribution < -0.4 is 10.2 Å². The number of benzene rings is 1. The summed E-state index contributed by atoms with van der Waals surface area (Å²) < 4.78 is 32.6. The Hall–Kier alpha value is -2.28. The molecule has 27 heavy (non-hydrogen) atoms. The molecule has 0 radical (unpaired) electrons. The maximum absolute atomic E-state index is 13.6. The number of hydrogen-bond donors (Lipinski definition) is 1. The van der Waals surface area contributed by atoms with Crippen molar-refractivity contribution in [1.29, 1.82) is 0 Å². The van der Waals surface area contributed by atoms with Crippen LogP contribution in [0.25, 0.3) is 0 Å². The smallest absolute Gasteiger partial charge is 0.159 e. The van der Waals surface area contributed by atoms with Crippen molar-refractivity contribution in [2.75, 3.05) is 29.9 Å². The van der Waals surface area contributed by atoms with Crippen LogP contribution in [0.5, 0.6) is 0 Å². The Balaban J connectivity index is 1.49. The van der Waals surface area contributed by atoms with Gasteiger partial charge in [-0.2, -0.15) is 0 Å². The van der Waals surface area contributed by atoms with Crippen LogP contribution in [0.15, 0.2) is 30.6 Å². The second-order valence-corrected chi connectivity index (χ2v) is 7.46. The van der Waals surface area contributed by atoms with E-state index in [2.05, 4.69) is 27.1 Å². The van der Waals surface area contributed by atoms with Crippen LogP contribution in [0, 0.1) is 17.6 Å². The molecule has 0 aliphatic carbocycles. The summed E-state index contributed by atoms with van der Waals surface area (Å²) in [6, 6.07) is 5.82. The van der Waals surface area contributed by atoms with E-state index in [1.165, 1.54) is 18.9 Å². The summed E-state index contributed by atoms with van der Waals surface area (Å²) in [6.45, 7) is 4.82. The van der Waals surface area contributed by atoms with Crippen molar-refractivity contribution in [3.63, 3.8) is 0 Å². The number of halogens is 2. The van der Waals surface area contributed by atoms with Gasteiger partial charge in [-0.05, 0) is 42.9 Å². The van der Waals surface area contributed by atoms with Crippen molar-refractivity contribution in [2.45, 2.75) is 38.3 Å². The fraction of sp³-hybridized carbons (Fsp3) is 0.500. The van der Waals surface area contributed by atoms with Crippen LogP contribution in [0.1, 0.15) is 37.9 Å². The fourth-order valence-corrected chi connectivity index (χ4v) is 3.94. The lowest BCUT2D eigenvalue weighted by Gasteiger charge is -2.32. The standard InChI is InChI=1S/C20H24F2N4O/c1-13-3-2-7-26(11-13)19-10-18(23-12-24-19)25-17-6-8-27-20(17)14-4-5-15(21)16(22)9-14/h4-5,9-10,12-13,17,20H,2-3,6-8,11H2,1H3,(H,23,24,25). The topological polar surface area (TPSA) is 50.3 Å². The first-order valence-corrected chi connectivity index (χ1v) is 9.50. The van der Waals surface area contributed by atoms with Crippen molar-refractivity contribution in [3.8, 4) is 0 Å². The molecule has 0 amide bonds. The molecule has 7 heteroatoms. The maximum atomic E-state index is 13.6. The number of hydrogen-bond acceptors (Lipinski definition) is 5. The molecule has 5 nitrogen and oxygen atoms in total. The largest absolute Gasteiger partial charge is 0.371 e. The Morgan fingerprint density at radius 2 is 2.04 bits per heavy atom. The number of ether oxygens (including phenoxy) is 1. The number of rotatable bonds is 4. The van der Waals surface area contributed by atoms with Gasteiger partial charge in [-0.3, -0.25) is 0 Å². The van der Waals surface area contributed by atoms with Crippen molar-refractivity contribution in [2.24, 2.45) is 5.92 Å². The van der Waals surface area contributed by atoms with Crippen molar-refractivity contribution in [3.05, 3.63) is 47.8 Å². The third-order valence-corrected chi connectivity index (χ3v) is 5.33. The Bertz CT molecular complexity index is 803. The number of anilines is 2. The lowest BCUT2D eigenvalue weighted by Crippen LogP contribution is -2.35. The zero-order valence-corrected chi connectivity index (χ0v) is 15.4. The molecular weight excluding hydrogens is 350 g/mol. The molecular formula is C20H24F2N4O. The highest BCUT2D eigenvalue weighted by molar-refractivity contribution is 5.49. The van der Waals surface area contributed by atoms with Crippen LogP contribution in [0.4, 0.5) is 20.4 Å². The van der Waals surface area contributed by atoms with Gasteiger partial charge in [-0.1, -0.05) is 13.0 Å². The molecule has 2 fully saturated rings. The Labute approximate surface area is 157 Å². The van der Waals surface area contributed by atoms with Crippen LogP contribution >= 0.6 is 0 Å². The Morgan fingerprint density at radius 1 is 1.15 bits per heavy atom. The number of nitrogens with one attached hydrogen (secondary N) is 1. The lowest BCUT2D eigenvalue weighted by atomic mass is 10.0. The van der Waals surface area contributed by atoms with Crippen molar-refractivity contribution in [1.82, 2.24) is 9.97 Å². The molecule has 0 bridgehead atoms. The summed E-state index contributed by atoms with van der Waals surface area (Å²) in [4.78, 5) is 11.1. The van der Waals surface area contributed by atoms with Crippen LogP contribution in [-0.2, 0) is 4.74 Å². The van der Waals surface area contributed by atoms with Gasteiger partial charge in [-0.15, -0.1) is 0 Å². The maximum Gasteiger partial charge on any atom is 0.159 e. The van der Waals surface area contributed by atoms with E-state index in [-0.39, 0.29) is 12.1 Å². The van der Waals surface area contributed by atoms with Crippen LogP contribution in [0.3, 0.4) is 0 Å². The quantitative estimate of drug-likeness (QED) is 0.879. The van der Waals surface area contributed by atoms with Gasteiger partial charge in [0.15, 0.2) is 11.6 Å². The highest BCUT2D eigenvalue weighted by Gasteiger charge is 2.31. The van der Waals surface area contributed by atoms with E-state index in [1.807, 2.05) is 6.07 Å². The zero-order chi connectivity index (χ0) is 18.8. The molecule has 4 rings (SSSR count). The minimum Gasteiger partial charge on any atom is -0.371 e. The third kappa shape index (κ3) is 4.03. The summed E-state index contributed by atoms with van der Waals surface area (Å²) in [7, 11) is 0. The summed E-state index contributed by atoms with van der Waals surface area (Å²) in [6.07, 6.45) is 4.42. The van der Waals surface area contributed by atoms with Gasteiger partial charge in [0.2, 0.25) is 0 Å². The molecule has 1 aromatic heterocycles. The average molecular weight is 374 g/mol. The molecule has 1 N–H and O–H groups in total. The van der Waals surface area contributed by atoms with E-state index >= 15 is 0 Å². The molecule has 144 valence electrons. The van der Waals surface area contributed by atoms with E-state index in [0.717, 1.165) is 37.2 Å². The van der Waals surface area contributed by atoms with Gasteiger partial charge in [0, 0.05) is 25.8 Å². The van der Waals surface area contributed by atoms with Crippen molar-refractivity contribution >= 4 is 11.6 Å². The number of aromatic nitrogens is 2. The van der Waals surface area contributed by atoms with Gasteiger partial charge in [0.1, 0.15) is 24.1 Å². The van der Waals surface area contributed by atoms with E-state index in [1.54, 1.807) is 12.4 Å². The summed E-state index contributed by atoms with van der Waals surface area (Å²) in [5.41, 5.74) is 0.628. The first kappa shape index (κ1) is 18.1. The SMILES string of the molecule is CC1CCCN(c2cc(NC3CCOC3c3ccc(F)c(F)c3)ncn2)C1. The molecule has 1 aromatic carbocycles. The molecule has 0 saturated carbocycles. The molecule has 2 saturated heterocycles. The first-order chi connectivity index (χ1) is 13.1. The molecule has 2 aliphatic rings.